The number of benzene rings is 1. The molecular weight excluding hydrogens is 263 g/mol. The lowest BCUT2D eigenvalue weighted by atomic mass is 9.99. The van der Waals surface area contributed by atoms with Crippen LogP contribution in [0.2, 0.25) is 0 Å². The standard InChI is InChI=1S/C11H8F3N3S/c12-8-3-6-4-17(11-16-15-5-18-11)2-1-7(6)9(13)10(8)14/h3,5H,1-2,4H2. The molecule has 1 aromatic carbocycles. The second-order valence-electron chi connectivity index (χ2n) is 4.02. The first kappa shape index (κ1) is 11.5. The Morgan fingerprint density at radius 1 is 1.22 bits per heavy atom. The van der Waals surface area contributed by atoms with Crippen LogP contribution in [0.25, 0.3) is 0 Å². The Balaban J connectivity index is 1.98. The van der Waals surface area contributed by atoms with E-state index < -0.39 is 17.5 Å². The summed E-state index contributed by atoms with van der Waals surface area (Å²) in [5.74, 6) is -3.61. The maximum absolute atomic E-state index is 13.6. The van der Waals surface area contributed by atoms with Crippen molar-refractivity contribution in [3.8, 4) is 0 Å². The fraction of sp³-hybridized carbons (Fsp3) is 0.273. The van der Waals surface area contributed by atoms with E-state index in [2.05, 4.69) is 10.2 Å². The van der Waals surface area contributed by atoms with Crippen LogP contribution in [0.3, 0.4) is 0 Å². The van der Waals surface area contributed by atoms with Crippen LogP contribution in [0.4, 0.5) is 18.3 Å². The van der Waals surface area contributed by atoms with Gasteiger partial charge in [0.1, 0.15) is 5.51 Å². The van der Waals surface area contributed by atoms with Crippen molar-refractivity contribution in [2.45, 2.75) is 13.0 Å². The first-order chi connectivity index (χ1) is 8.66. The van der Waals surface area contributed by atoms with Gasteiger partial charge in [0.15, 0.2) is 17.5 Å². The molecule has 0 bridgehead atoms. The number of hydrogen-bond acceptors (Lipinski definition) is 4. The minimum Gasteiger partial charge on any atom is -0.342 e. The maximum Gasteiger partial charge on any atom is 0.208 e. The van der Waals surface area contributed by atoms with E-state index in [4.69, 9.17) is 0 Å². The second kappa shape index (κ2) is 4.24. The zero-order chi connectivity index (χ0) is 12.7. The van der Waals surface area contributed by atoms with Crippen molar-refractivity contribution in [2.75, 3.05) is 11.4 Å². The number of halogens is 3. The first-order valence-corrected chi connectivity index (χ1v) is 6.21. The van der Waals surface area contributed by atoms with Gasteiger partial charge in [-0.05, 0) is 23.6 Å². The normalized spacial score (nSPS) is 14.7. The molecule has 3 rings (SSSR count). The third-order valence-electron chi connectivity index (χ3n) is 2.97. The van der Waals surface area contributed by atoms with E-state index in [1.54, 1.807) is 5.51 Å². The van der Waals surface area contributed by atoms with Crippen LogP contribution in [-0.4, -0.2) is 16.7 Å². The fourth-order valence-corrected chi connectivity index (χ4v) is 2.68. The molecule has 18 heavy (non-hydrogen) atoms. The summed E-state index contributed by atoms with van der Waals surface area (Å²) in [6, 6.07) is 1.06. The number of hydrogen-bond donors (Lipinski definition) is 0. The van der Waals surface area contributed by atoms with Crippen LogP contribution in [0.1, 0.15) is 11.1 Å². The summed E-state index contributed by atoms with van der Waals surface area (Å²) in [5.41, 5.74) is 2.32. The Hall–Kier alpha value is -1.63. The van der Waals surface area contributed by atoms with Crippen molar-refractivity contribution in [2.24, 2.45) is 0 Å². The van der Waals surface area contributed by atoms with Gasteiger partial charge in [0.05, 0.1) is 0 Å². The molecule has 0 spiro atoms. The lowest BCUT2D eigenvalue weighted by molar-refractivity contribution is 0.435. The monoisotopic (exact) mass is 271 g/mol. The molecule has 2 aromatic rings. The Kier molecular flexibility index (Phi) is 2.70. The van der Waals surface area contributed by atoms with Crippen molar-refractivity contribution < 1.29 is 13.2 Å². The van der Waals surface area contributed by atoms with Crippen molar-refractivity contribution in [1.82, 2.24) is 10.2 Å². The molecule has 0 saturated carbocycles. The van der Waals surface area contributed by atoms with Crippen molar-refractivity contribution in [3.05, 3.63) is 40.2 Å². The molecule has 1 aliphatic heterocycles. The molecule has 0 radical (unpaired) electrons. The molecule has 0 atom stereocenters. The van der Waals surface area contributed by atoms with Gasteiger partial charge in [-0.1, -0.05) is 11.3 Å². The van der Waals surface area contributed by atoms with Gasteiger partial charge in [0.2, 0.25) is 5.13 Å². The highest BCUT2D eigenvalue weighted by Gasteiger charge is 2.25. The minimum atomic E-state index is -1.39. The van der Waals surface area contributed by atoms with Gasteiger partial charge in [-0.25, -0.2) is 13.2 Å². The van der Waals surface area contributed by atoms with Crippen molar-refractivity contribution in [3.63, 3.8) is 0 Å². The van der Waals surface area contributed by atoms with Gasteiger partial charge in [-0.2, -0.15) is 0 Å². The molecule has 94 valence electrons. The number of rotatable bonds is 1. The summed E-state index contributed by atoms with van der Waals surface area (Å²) in [5, 5.41) is 8.33. The average molecular weight is 271 g/mol. The summed E-state index contributed by atoms with van der Waals surface area (Å²) in [6.45, 7) is 0.836. The Morgan fingerprint density at radius 3 is 2.78 bits per heavy atom. The highest BCUT2D eigenvalue weighted by molar-refractivity contribution is 7.13. The van der Waals surface area contributed by atoms with Crippen LogP contribution in [-0.2, 0) is 13.0 Å². The van der Waals surface area contributed by atoms with Crippen LogP contribution in [0, 0.1) is 17.5 Å². The predicted octanol–water partition coefficient (Wildman–Crippen LogP) is 2.52. The molecule has 0 fully saturated rings. The molecule has 0 N–H and O–H groups in total. The largest absolute Gasteiger partial charge is 0.342 e. The molecule has 1 aromatic heterocycles. The highest BCUT2D eigenvalue weighted by Crippen LogP contribution is 2.28. The van der Waals surface area contributed by atoms with Gasteiger partial charge < -0.3 is 4.90 Å². The number of anilines is 1. The van der Waals surface area contributed by atoms with E-state index in [1.807, 2.05) is 4.90 Å². The van der Waals surface area contributed by atoms with Gasteiger partial charge in [0, 0.05) is 13.1 Å². The lowest BCUT2D eigenvalue weighted by Gasteiger charge is -2.28. The van der Waals surface area contributed by atoms with Crippen molar-refractivity contribution in [1.29, 1.82) is 0 Å². The quantitative estimate of drug-likeness (QED) is 0.746. The summed E-state index contributed by atoms with van der Waals surface area (Å²) >= 11 is 1.36. The van der Waals surface area contributed by atoms with Gasteiger partial charge in [-0.3, -0.25) is 0 Å². The minimum absolute atomic E-state index is 0.259. The van der Waals surface area contributed by atoms with E-state index in [0.717, 1.165) is 6.07 Å². The molecule has 0 aliphatic carbocycles. The molecule has 0 saturated heterocycles. The Morgan fingerprint density at radius 2 is 2.06 bits per heavy atom. The molecule has 2 heterocycles. The van der Waals surface area contributed by atoms with Crippen LogP contribution < -0.4 is 4.90 Å². The topological polar surface area (TPSA) is 29.0 Å². The molecule has 0 unspecified atom stereocenters. The molecule has 3 nitrogen and oxygen atoms in total. The van der Waals surface area contributed by atoms with Crippen LogP contribution in [0.15, 0.2) is 11.6 Å². The van der Waals surface area contributed by atoms with Crippen LogP contribution >= 0.6 is 11.3 Å². The second-order valence-corrected chi connectivity index (χ2v) is 4.83. The van der Waals surface area contributed by atoms with Crippen LogP contribution in [0.5, 0.6) is 0 Å². The summed E-state index contributed by atoms with van der Waals surface area (Å²) < 4.78 is 39.8. The van der Waals surface area contributed by atoms with E-state index in [0.29, 0.717) is 30.2 Å². The zero-order valence-electron chi connectivity index (χ0n) is 9.16. The fourth-order valence-electron chi connectivity index (χ4n) is 2.09. The number of aromatic nitrogens is 2. The third kappa shape index (κ3) is 1.74. The summed E-state index contributed by atoms with van der Waals surface area (Å²) in [6.07, 6.45) is 0.331. The number of fused-ring (bicyclic) bond motifs is 1. The van der Waals surface area contributed by atoms with E-state index in [1.165, 1.54) is 11.3 Å². The van der Waals surface area contributed by atoms with E-state index >= 15 is 0 Å². The maximum atomic E-state index is 13.6. The third-order valence-corrected chi connectivity index (χ3v) is 3.72. The van der Waals surface area contributed by atoms with Gasteiger partial charge >= 0.3 is 0 Å². The van der Waals surface area contributed by atoms with Gasteiger partial charge in [0.25, 0.3) is 0 Å². The summed E-state index contributed by atoms with van der Waals surface area (Å²) in [4.78, 5) is 1.87. The van der Waals surface area contributed by atoms with Crippen molar-refractivity contribution >= 4 is 16.5 Å². The SMILES string of the molecule is Fc1cc2c(c(F)c1F)CCN(c1nncs1)C2. The molecular formula is C11H8F3N3S. The Bertz CT molecular complexity index is 586. The molecule has 0 amide bonds. The number of nitrogens with zero attached hydrogens (tertiary/aromatic N) is 3. The zero-order valence-corrected chi connectivity index (χ0v) is 9.98. The predicted molar refractivity (Wildman–Crippen MR) is 61.0 cm³/mol. The van der Waals surface area contributed by atoms with Gasteiger partial charge in [-0.15, -0.1) is 10.2 Å². The summed E-state index contributed by atoms with van der Waals surface area (Å²) in [7, 11) is 0. The van der Waals surface area contributed by atoms with E-state index in [-0.39, 0.29) is 5.56 Å². The average Bonchev–Trinajstić information content (AvgIpc) is 2.89. The lowest BCUT2D eigenvalue weighted by Crippen LogP contribution is -2.31. The molecule has 1 aliphatic rings. The highest BCUT2D eigenvalue weighted by atomic mass is 32.1. The Labute approximate surface area is 105 Å². The first-order valence-electron chi connectivity index (χ1n) is 5.33. The van der Waals surface area contributed by atoms with E-state index in [9.17, 15) is 13.2 Å². The smallest absolute Gasteiger partial charge is 0.208 e. The molecule has 7 heteroatoms.